The van der Waals surface area contributed by atoms with Crippen LogP contribution in [0.2, 0.25) is 0 Å². The summed E-state index contributed by atoms with van der Waals surface area (Å²) in [5.74, 6) is 1.54. The van der Waals surface area contributed by atoms with Gasteiger partial charge in [-0.3, -0.25) is 4.98 Å². The fourth-order valence-corrected chi connectivity index (χ4v) is 3.02. The molecule has 0 aromatic carbocycles. The number of hydrogen-bond acceptors (Lipinski definition) is 2. The second-order valence-electron chi connectivity index (χ2n) is 5.23. The summed E-state index contributed by atoms with van der Waals surface area (Å²) in [6.07, 6.45) is 9.29. The van der Waals surface area contributed by atoms with Gasteiger partial charge in [0.25, 0.3) is 0 Å². The Hall–Kier alpha value is -0.890. The first-order chi connectivity index (χ1) is 8.33. The molecule has 0 radical (unpaired) electrons. The van der Waals surface area contributed by atoms with E-state index in [2.05, 4.69) is 36.4 Å². The molecular formula is C15H24N2. The lowest BCUT2D eigenvalue weighted by Crippen LogP contribution is -2.25. The monoisotopic (exact) mass is 232 g/mol. The maximum atomic E-state index is 4.30. The van der Waals surface area contributed by atoms with Crippen LogP contribution in [0.25, 0.3) is 0 Å². The van der Waals surface area contributed by atoms with E-state index >= 15 is 0 Å². The van der Waals surface area contributed by atoms with E-state index in [1.165, 1.54) is 43.4 Å². The summed E-state index contributed by atoms with van der Waals surface area (Å²) in [4.78, 5) is 4.30. The molecule has 1 aliphatic carbocycles. The third-order valence-electron chi connectivity index (χ3n) is 3.97. The van der Waals surface area contributed by atoms with Crippen molar-refractivity contribution in [1.82, 2.24) is 10.3 Å². The van der Waals surface area contributed by atoms with Crippen molar-refractivity contribution in [2.75, 3.05) is 13.1 Å². The van der Waals surface area contributed by atoms with Crippen LogP contribution in [0.5, 0.6) is 0 Å². The average Bonchev–Trinajstić information content (AvgIpc) is 2.78. The standard InChI is InChI=1S/C15H24N2/c1-3-8-16-10-13-5-4-6-14(13)15-11-17-9-7-12(15)2/h7,9,11,13-14,16H,3-6,8,10H2,1-2H3. The molecule has 1 saturated carbocycles. The Morgan fingerprint density at radius 2 is 2.29 bits per heavy atom. The number of nitrogens with one attached hydrogen (secondary N) is 1. The predicted octanol–water partition coefficient (Wildman–Crippen LogP) is 3.27. The molecule has 1 aromatic heterocycles. The molecule has 2 atom stereocenters. The van der Waals surface area contributed by atoms with Crippen LogP contribution in [0.1, 0.15) is 49.7 Å². The molecule has 2 rings (SSSR count). The van der Waals surface area contributed by atoms with E-state index in [0.717, 1.165) is 18.4 Å². The van der Waals surface area contributed by atoms with Gasteiger partial charge in [-0.1, -0.05) is 13.3 Å². The fraction of sp³-hybridized carbons (Fsp3) is 0.667. The minimum Gasteiger partial charge on any atom is -0.316 e. The van der Waals surface area contributed by atoms with E-state index in [9.17, 15) is 0 Å². The molecule has 2 nitrogen and oxygen atoms in total. The quantitative estimate of drug-likeness (QED) is 0.788. The van der Waals surface area contributed by atoms with Crippen molar-refractivity contribution in [3.8, 4) is 0 Å². The van der Waals surface area contributed by atoms with E-state index < -0.39 is 0 Å². The second-order valence-corrected chi connectivity index (χ2v) is 5.23. The highest BCUT2D eigenvalue weighted by atomic mass is 14.9. The summed E-state index contributed by atoms with van der Waals surface area (Å²) in [6, 6.07) is 2.14. The van der Waals surface area contributed by atoms with Crippen LogP contribution >= 0.6 is 0 Å². The first kappa shape index (κ1) is 12.6. The molecule has 17 heavy (non-hydrogen) atoms. The Kier molecular flexibility index (Phi) is 4.55. The number of aromatic nitrogens is 1. The van der Waals surface area contributed by atoms with Crippen LogP contribution in [-0.4, -0.2) is 18.1 Å². The zero-order chi connectivity index (χ0) is 12.1. The lowest BCUT2D eigenvalue weighted by Gasteiger charge is -2.21. The van der Waals surface area contributed by atoms with Gasteiger partial charge >= 0.3 is 0 Å². The zero-order valence-corrected chi connectivity index (χ0v) is 11.1. The Balaban J connectivity index is 2.02. The maximum Gasteiger partial charge on any atom is 0.0305 e. The van der Waals surface area contributed by atoms with E-state index in [1.807, 2.05) is 6.20 Å². The van der Waals surface area contributed by atoms with Crippen molar-refractivity contribution < 1.29 is 0 Å². The van der Waals surface area contributed by atoms with Crippen LogP contribution in [0, 0.1) is 12.8 Å². The zero-order valence-electron chi connectivity index (χ0n) is 11.1. The molecular weight excluding hydrogens is 208 g/mol. The molecule has 1 aliphatic rings. The summed E-state index contributed by atoms with van der Waals surface area (Å²) in [7, 11) is 0. The van der Waals surface area contributed by atoms with Crippen LogP contribution in [0.4, 0.5) is 0 Å². The molecule has 0 amide bonds. The number of nitrogens with zero attached hydrogens (tertiary/aromatic N) is 1. The molecule has 0 saturated heterocycles. The van der Waals surface area contributed by atoms with Crippen molar-refractivity contribution in [3.05, 3.63) is 29.6 Å². The number of pyridine rings is 1. The highest BCUT2D eigenvalue weighted by Gasteiger charge is 2.29. The maximum absolute atomic E-state index is 4.30. The van der Waals surface area contributed by atoms with Crippen molar-refractivity contribution in [2.45, 2.75) is 45.4 Å². The van der Waals surface area contributed by atoms with Gasteiger partial charge < -0.3 is 5.32 Å². The van der Waals surface area contributed by atoms with Gasteiger partial charge in [0.15, 0.2) is 0 Å². The molecule has 0 bridgehead atoms. The summed E-state index contributed by atoms with van der Waals surface area (Å²) < 4.78 is 0. The minimum atomic E-state index is 0.730. The predicted molar refractivity (Wildman–Crippen MR) is 72.2 cm³/mol. The largest absolute Gasteiger partial charge is 0.316 e. The highest BCUT2D eigenvalue weighted by molar-refractivity contribution is 5.27. The summed E-state index contributed by atoms with van der Waals surface area (Å²) in [5.41, 5.74) is 2.89. The first-order valence-corrected chi connectivity index (χ1v) is 6.94. The summed E-state index contributed by atoms with van der Waals surface area (Å²) in [6.45, 7) is 6.76. The third kappa shape index (κ3) is 3.06. The van der Waals surface area contributed by atoms with Crippen molar-refractivity contribution in [3.63, 3.8) is 0 Å². The highest BCUT2D eigenvalue weighted by Crippen LogP contribution is 2.40. The van der Waals surface area contributed by atoms with Gasteiger partial charge in [0.05, 0.1) is 0 Å². The van der Waals surface area contributed by atoms with Gasteiger partial charge in [0, 0.05) is 12.4 Å². The Labute approximate surface area is 105 Å². The number of hydrogen-bond donors (Lipinski definition) is 1. The molecule has 0 spiro atoms. The fourth-order valence-electron chi connectivity index (χ4n) is 3.02. The van der Waals surface area contributed by atoms with Gasteiger partial charge in [-0.15, -0.1) is 0 Å². The van der Waals surface area contributed by atoms with E-state index in [-0.39, 0.29) is 0 Å². The van der Waals surface area contributed by atoms with Crippen molar-refractivity contribution >= 4 is 0 Å². The normalized spacial score (nSPS) is 24.1. The minimum absolute atomic E-state index is 0.730. The average molecular weight is 232 g/mol. The number of aryl methyl sites for hydroxylation is 1. The smallest absolute Gasteiger partial charge is 0.0305 e. The molecule has 1 heterocycles. The SMILES string of the molecule is CCCNCC1CCCC1c1cnccc1C. The van der Waals surface area contributed by atoms with Gasteiger partial charge in [-0.25, -0.2) is 0 Å². The van der Waals surface area contributed by atoms with Crippen LogP contribution < -0.4 is 5.32 Å². The van der Waals surface area contributed by atoms with Crippen molar-refractivity contribution in [2.24, 2.45) is 5.92 Å². The van der Waals surface area contributed by atoms with Gasteiger partial charge in [-0.2, -0.15) is 0 Å². The molecule has 94 valence electrons. The molecule has 1 fully saturated rings. The molecule has 2 unspecified atom stereocenters. The van der Waals surface area contributed by atoms with Crippen LogP contribution in [0.3, 0.4) is 0 Å². The number of rotatable bonds is 5. The topological polar surface area (TPSA) is 24.9 Å². The van der Waals surface area contributed by atoms with E-state index in [1.54, 1.807) is 0 Å². The molecule has 1 aromatic rings. The Bertz CT molecular complexity index is 349. The Morgan fingerprint density at radius 3 is 3.06 bits per heavy atom. The van der Waals surface area contributed by atoms with Crippen molar-refractivity contribution in [1.29, 1.82) is 0 Å². The lowest BCUT2D eigenvalue weighted by molar-refractivity contribution is 0.443. The summed E-state index contributed by atoms with van der Waals surface area (Å²) >= 11 is 0. The second kappa shape index (κ2) is 6.15. The Morgan fingerprint density at radius 1 is 1.41 bits per heavy atom. The molecule has 2 heteroatoms. The van der Waals surface area contributed by atoms with E-state index in [4.69, 9.17) is 0 Å². The van der Waals surface area contributed by atoms with Crippen LogP contribution in [0.15, 0.2) is 18.5 Å². The van der Waals surface area contributed by atoms with Gasteiger partial charge in [-0.05, 0) is 68.3 Å². The first-order valence-electron chi connectivity index (χ1n) is 6.94. The third-order valence-corrected chi connectivity index (χ3v) is 3.97. The molecule has 0 aliphatic heterocycles. The van der Waals surface area contributed by atoms with Gasteiger partial charge in [0.2, 0.25) is 0 Å². The van der Waals surface area contributed by atoms with E-state index in [0.29, 0.717) is 0 Å². The lowest BCUT2D eigenvalue weighted by atomic mass is 9.87. The summed E-state index contributed by atoms with van der Waals surface area (Å²) in [5, 5.41) is 3.58. The van der Waals surface area contributed by atoms with Gasteiger partial charge in [0.1, 0.15) is 0 Å². The molecule has 1 N–H and O–H groups in total. The van der Waals surface area contributed by atoms with Crippen LogP contribution in [-0.2, 0) is 0 Å².